The molecule has 0 atom stereocenters. The van der Waals surface area contributed by atoms with Gasteiger partial charge >= 0.3 is 0 Å². The van der Waals surface area contributed by atoms with Crippen LogP contribution in [0.3, 0.4) is 0 Å². The van der Waals surface area contributed by atoms with Gasteiger partial charge in [-0.2, -0.15) is 0 Å². The summed E-state index contributed by atoms with van der Waals surface area (Å²) in [6.07, 6.45) is 4.11. The molecule has 4 nitrogen and oxygen atoms in total. The molecule has 0 aliphatic carbocycles. The number of nitrogens with two attached hydrogens (primary N) is 1. The van der Waals surface area contributed by atoms with Gasteiger partial charge in [-0.15, -0.1) is 0 Å². The third kappa shape index (κ3) is 4.35. The molecule has 1 amide bonds. The molecule has 3 rings (SSSR count). The topological polar surface area (TPSA) is 67.2 Å². The molecule has 0 unspecified atom stereocenters. The first-order chi connectivity index (χ1) is 12.2. The quantitative estimate of drug-likeness (QED) is 0.786. The largest absolute Gasteiger partial charge is 0.330 e. The third-order valence-corrected chi connectivity index (χ3v) is 4.54. The highest BCUT2D eigenvalue weighted by Crippen LogP contribution is 2.25. The first-order valence-corrected chi connectivity index (χ1v) is 8.78. The molecule has 2 aromatic rings. The van der Waals surface area contributed by atoms with E-state index >= 15 is 0 Å². The maximum atomic E-state index is 12.4. The fourth-order valence-electron chi connectivity index (χ4n) is 3.16. The summed E-state index contributed by atoms with van der Waals surface area (Å²) in [7, 11) is 0. The Labute approximate surface area is 149 Å². The minimum atomic E-state index is -0.0902. The lowest BCUT2D eigenvalue weighted by molar-refractivity contribution is 0.102. The molecule has 2 aromatic carbocycles. The molecule has 0 radical (unpaired) electrons. The maximum absolute atomic E-state index is 12.4. The van der Waals surface area contributed by atoms with Crippen molar-refractivity contribution in [3.05, 3.63) is 70.8 Å². The van der Waals surface area contributed by atoms with Crippen LogP contribution < -0.4 is 16.4 Å². The molecule has 0 bridgehead atoms. The van der Waals surface area contributed by atoms with Crippen LogP contribution in [0.1, 0.15) is 33.5 Å². The Morgan fingerprint density at radius 1 is 1.20 bits per heavy atom. The molecule has 1 aliphatic rings. The van der Waals surface area contributed by atoms with Gasteiger partial charge in [-0.1, -0.05) is 24.3 Å². The number of benzene rings is 2. The third-order valence-electron chi connectivity index (χ3n) is 4.54. The van der Waals surface area contributed by atoms with Crippen molar-refractivity contribution in [2.24, 2.45) is 5.73 Å². The summed E-state index contributed by atoms with van der Waals surface area (Å²) in [5, 5.41) is 6.32. The SMILES string of the molecule is Cc1cc(NC(=O)c2ccc(CCN)cc2)ccc1C1=CCNCC1. The molecule has 4 heteroatoms. The number of hydrogen-bond acceptors (Lipinski definition) is 3. The maximum Gasteiger partial charge on any atom is 0.255 e. The van der Waals surface area contributed by atoms with Gasteiger partial charge in [0.25, 0.3) is 5.91 Å². The van der Waals surface area contributed by atoms with Crippen LogP contribution in [0.2, 0.25) is 0 Å². The Morgan fingerprint density at radius 2 is 2.00 bits per heavy atom. The normalized spacial score (nSPS) is 14.1. The summed E-state index contributed by atoms with van der Waals surface area (Å²) >= 11 is 0. The van der Waals surface area contributed by atoms with E-state index in [2.05, 4.69) is 29.7 Å². The first-order valence-electron chi connectivity index (χ1n) is 8.78. The lowest BCUT2D eigenvalue weighted by atomic mass is 9.95. The Balaban J connectivity index is 1.71. The molecule has 4 N–H and O–H groups in total. The van der Waals surface area contributed by atoms with Crippen LogP contribution in [0.5, 0.6) is 0 Å². The highest BCUT2D eigenvalue weighted by molar-refractivity contribution is 6.04. The van der Waals surface area contributed by atoms with E-state index in [0.717, 1.165) is 37.2 Å². The van der Waals surface area contributed by atoms with Crippen molar-refractivity contribution >= 4 is 17.2 Å². The average molecular weight is 335 g/mol. The van der Waals surface area contributed by atoms with Crippen LogP contribution in [-0.2, 0) is 6.42 Å². The second-order valence-corrected chi connectivity index (χ2v) is 6.40. The van der Waals surface area contributed by atoms with Crippen LogP contribution in [0.4, 0.5) is 5.69 Å². The predicted octanol–water partition coefficient (Wildman–Crippen LogP) is 3.13. The Hall–Kier alpha value is -2.43. The van der Waals surface area contributed by atoms with E-state index in [1.807, 2.05) is 36.4 Å². The van der Waals surface area contributed by atoms with Crippen LogP contribution in [-0.4, -0.2) is 25.5 Å². The van der Waals surface area contributed by atoms with Crippen molar-refractivity contribution < 1.29 is 4.79 Å². The van der Waals surface area contributed by atoms with Crippen molar-refractivity contribution in [1.29, 1.82) is 0 Å². The summed E-state index contributed by atoms with van der Waals surface area (Å²) in [6, 6.07) is 13.7. The minimum Gasteiger partial charge on any atom is -0.330 e. The Kier molecular flexibility index (Phi) is 5.64. The smallest absolute Gasteiger partial charge is 0.255 e. The second kappa shape index (κ2) is 8.10. The molecule has 25 heavy (non-hydrogen) atoms. The molecule has 1 heterocycles. The van der Waals surface area contributed by atoms with Gasteiger partial charge in [0.1, 0.15) is 0 Å². The minimum absolute atomic E-state index is 0.0902. The molecule has 1 aliphatic heterocycles. The van der Waals surface area contributed by atoms with Gasteiger partial charge < -0.3 is 16.4 Å². The molecule has 0 aromatic heterocycles. The van der Waals surface area contributed by atoms with E-state index in [0.29, 0.717) is 12.1 Å². The van der Waals surface area contributed by atoms with Crippen LogP contribution in [0.15, 0.2) is 48.5 Å². The van der Waals surface area contributed by atoms with Crippen molar-refractivity contribution in [2.75, 3.05) is 25.0 Å². The fourth-order valence-corrected chi connectivity index (χ4v) is 3.16. The first kappa shape index (κ1) is 17.4. The highest BCUT2D eigenvalue weighted by atomic mass is 16.1. The van der Waals surface area contributed by atoms with E-state index in [1.54, 1.807) is 0 Å². The number of carbonyl (C=O) groups excluding carboxylic acids is 1. The number of aryl methyl sites for hydroxylation is 1. The zero-order valence-electron chi connectivity index (χ0n) is 14.6. The van der Waals surface area contributed by atoms with Gasteiger partial charge in [0.05, 0.1) is 0 Å². The van der Waals surface area contributed by atoms with Gasteiger partial charge in [0.15, 0.2) is 0 Å². The molecule has 0 fully saturated rings. The summed E-state index contributed by atoms with van der Waals surface area (Å²) in [5.74, 6) is -0.0902. The van der Waals surface area contributed by atoms with Gasteiger partial charge in [0.2, 0.25) is 0 Å². The van der Waals surface area contributed by atoms with E-state index < -0.39 is 0 Å². The lowest BCUT2D eigenvalue weighted by Gasteiger charge is -2.17. The molecule has 130 valence electrons. The van der Waals surface area contributed by atoms with Crippen molar-refractivity contribution in [1.82, 2.24) is 5.32 Å². The van der Waals surface area contributed by atoms with E-state index in [1.165, 1.54) is 16.7 Å². The van der Waals surface area contributed by atoms with E-state index in [9.17, 15) is 4.79 Å². The van der Waals surface area contributed by atoms with Crippen molar-refractivity contribution in [3.63, 3.8) is 0 Å². The van der Waals surface area contributed by atoms with Crippen molar-refractivity contribution in [3.8, 4) is 0 Å². The Morgan fingerprint density at radius 3 is 2.64 bits per heavy atom. The number of carbonyl (C=O) groups is 1. The molecular formula is C21H25N3O. The number of nitrogens with one attached hydrogen (secondary N) is 2. The highest BCUT2D eigenvalue weighted by Gasteiger charge is 2.11. The van der Waals surface area contributed by atoms with Crippen LogP contribution in [0, 0.1) is 6.92 Å². The lowest BCUT2D eigenvalue weighted by Crippen LogP contribution is -2.20. The average Bonchev–Trinajstić information content (AvgIpc) is 2.63. The molecular weight excluding hydrogens is 310 g/mol. The summed E-state index contributed by atoms with van der Waals surface area (Å²) in [5.41, 5.74) is 12.0. The zero-order valence-corrected chi connectivity index (χ0v) is 14.6. The standard InChI is InChI=1S/C21H25N3O/c1-15-14-19(6-7-20(15)17-9-12-23-13-10-17)24-21(25)18-4-2-16(3-5-18)8-11-22/h2-7,9,14,23H,8,10-13,22H2,1H3,(H,24,25). The summed E-state index contributed by atoms with van der Waals surface area (Å²) in [4.78, 5) is 12.4. The summed E-state index contributed by atoms with van der Waals surface area (Å²) in [6.45, 7) is 4.65. The fraction of sp³-hybridized carbons (Fsp3) is 0.286. The monoisotopic (exact) mass is 335 g/mol. The van der Waals surface area contributed by atoms with E-state index in [4.69, 9.17) is 5.73 Å². The number of hydrogen-bond donors (Lipinski definition) is 3. The zero-order chi connectivity index (χ0) is 17.6. The number of anilines is 1. The molecule has 0 saturated heterocycles. The Bertz CT molecular complexity index is 778. The summed E-state index contributed by atoms with van der Waals surface area (Å²) < 4.78 is 0. The van der Waals surface area contributed by atoms with Crippen LogP contribution >= 0.6 is 0 Å². The molecule has 0 saturated carbocycles. The van der Waals surface area contributed by atoms with Gasteiger partial charge in [-0.25, -0.2) is 0 Å². The van der Waals surface area contributed by atoms with Gasteiger partial charge in [-0.3, -0.25) is 4.79 Å². The van der Waals surface area contributed by atoms with Gasteiger partial charge in [0, 0.05) is 17.8 Å². The van der Waals surface area contributed by atoms with E-state index in [-0.39, 0.29) is 5.91 Å². The second-order valence-electron chi connectivity index (χ2n) is 6.40. The van der Waals surface area contributed by atoms with Crippen molar-refractivity contribution in [2.45, 2.75) is 19.8 Å². The molecule has 0 spiro atoms. The van der Waals surface area contributed by atoms with Crippen LogP contribution in [0.25, 0.3) is 5.57 Å². The number of amides is 1. The van der Waals surface area contributed by atoms with Gasteiger partial charge in [-0.05, 0) is 79.4 Å². The number of rotatable bonds is 5. The predicted molar refractivity (Wildman–Crippen MR) is 104 cm³/mol.